The third-order valence-corrected chi connectivity index (χ3v) is 4.82. The number of alkyl halides is 3. The normalized spacial score (nSPS) is 13.6. The fourth-order valence-corrected chi connectivity index (χ4v) is 3.46. The summed E-state index contributed by atoms with van der Waals surface area (Å²) in [5.41, 5.74) is 1.51. The Labute approximate surface area is 157 Å². The van der Waals surface area contributed by atoms with E-state index in [-0.39, 0.29) is 10.6 Å². The Hall–Kier alpha value is -2.18. The fraction of sp³-hybridized carbons (Fsp3) is 0.167. The summed E-state index contributed by atoms with van der Waals surface area (Å²) in [5, 5.41) is 8.54. The molecular weight excluding hydrogens is 386 g/mol. The third kappa shape index (κ3) is 2.93. The molecule has 3 aromatic rings. The van der Waals surface area contributed by atoms with Crippen molar-refractivity contribution in [3.05, 3.63) is 63.6 Å². The highest BCUT2D eigenvalue weighted by Crippen LogP contribution is 2.40. The summed E-state index contributed by atoms with van der Waals surface area (Å²) in [4.78, 5) is 0. The van der Waals surface area contributed by atoms with Crippen LogP contribution in [0.5, 0.6) is 0 Å². The Morgan fingerprint density at radius 2 is 1.88 bits per heavy atom. The monoisotopic (exact) mass is 397 g/mol. The Morgan fingerprint density at radius 1 is 1.08 bits per heavy atom. The number of hydrogen-bond acceptors (Lipinski definition) is 2. The van der Waals surface area contributed by atoms with Crippen molar-refractivity contribution in [2.24, 2.45) is 0 Å². The minimum absolute atomic E-state index is 0.225. The van der Waals surface area contributed by atoms with Crippen LogP contribution in [0.25, 0.3) is 16.9 Å². The van der Waals surface area contributed by atoms with Gasteiger partial charge in [-0.3, -0.25) is 0 Å². The molecule has 0 radical (unpaired) electrons. The zero-order chi connectivity index (χ0) is 18.5. The van der Waals surface area contributed by atoms with Gasteiger partial charge in [-0.05, 0) is 42.8 Å². The van der Waals surface area contributed by atoms with Gasteiger partial charge >= 0.3 is 6.18 Å². The minimum Gasteiger partial charge on any atom is -0.369 e. The fourth-order valence-electron chi connectivity index (χ4n) is 3.07. The van der Waals surface area contributed by atoms with E-state index in [0.29, 0.717) is 23.7 Å². The van der Waals surface area contributed by atoms with Crippen molar-refractivity contribution in [1.82, 2.24) is 9.78 Å². The molecule has 26 heavy (non-hydrogen) atoms. The quantitative estimate of drug-likeness (QED) is 0.589. The van der Waals surface area contributed by atoms with Crippen LogP contribution in [-0.4, -0.2) is 16.3 Å². The molecule has 0 aliphatic carbocycles. The lowest BCUT2D eigenvalue weighted by Gasteiger charge is -2.10. The molecule has 0 atom stereocenters. The van der Waals surface area contributed by atoms with Gasteiger partial charge in [-0.15, -0.1) is 0 Å². The maximum atomic E-state index is 13.1. The first-order valence-corrected chi connectivity index (χ1v) is 8.59. The zero-order valence-electron chi connectivity index (χ0n) is 13.2. The van der Waals surface area contributed by atoms with Gasteiger partial charge in [0.25, 0.3) is 0 Å². The highest BCUT2D eigenvalue weighted by molar-refractivity contribution is 6.33. The van der Waals surface area contributed by atoms with E-state index in [0.717, 1.165) is 29.2 Å². The summed E-state index contributed by atoms with van der Waals surface area (Å²) in [6.07, 6.45) is -3.80. The number of hydrogen-bond donors (Lipinski definition) is 1. The highest BCUT2D eigenvalue weighted by Gasteiger charge is 2.32. The molecule has 4 rings (SSSR count). The first-order chi connectivity index (χ1) is 12.3. The summed E-state index contributed by atoms with van der Waals surface area (Å²) in [6, 6.07) is 10.4. The molecule has 8 heteroatoms. The van der Waals surface area contributed by atoms with Crippen molar-refractivity contribution in [1.29, 1.82) is 0 Å². The molecule has 1 aromatic heterocycles. The van der Waals surface area contributed by atoms with E-state index < -0.39 is 11.7 Å². The van der Waals surface area contributed by atoms with Crippen LogP contribution in [0.4, 0.5) is 19.0 Å². The Kier molecular flexibility index (Phi) is 4.12. The number of fused-ring (bicyclic) bond motifs is 1. The summed E-state index contributed by atoms with van der Waals surface area (Å²) >= 11 is 12.3. The number of nitrogens with one attached hydrogen (secondary N) is 1. The predicted octanol–water partition coefficient (Wildman–Crippen LogP) is 5.83. The second kappa shape index (κ2) is 6.21. The highest BCUT2D eigenvalue weighted by atomic mass is 35.5. The number of halogens is 5. The zero-order valence-corrected chi connectivity index (χ0v) is 14.8. The summed E-state index contributed by atoms with van der Waals surface area (Å²) in [7, 11) is 0. The molecule has 0 fully saturated rings. The molecule has 134 valence electrons. The van der Waals surface area contributed by atoms with E-state index in [1.165, 1.54) is 6.07 Å². The summed E-state index contributed by atoms with van der Waals surface area (Å²) in [5.74, 6) is 0.746. The van der Waals surface area contributed by atoms with Crippen molar-refractivity contribution in [3.8, 4) is 16.9 Å². The molecular formula is C18H12Cl2F3N3. The van der Waals surface area contributed by atoms with Gasteiger partial charge in [-0.1, -0.05) is 29.3 Å². The molecule has 3 nitrogen and oxygen atoms in total. The largest absolute Gasteiger partial charge is 0.416 e. The summed E-state index contributed by atoms with van der Waals surface area (Å²) in [6.45, 7) is 0.678. The van der Waals surface area contributed by atoms with Gasteiger partial charge in [0.1, 0.15) is 5.82 Å². The van der Waals surface area contributed by atoms with E-state index in [1.807, 2.05) is 6.07 Å². The standard InChI is InChI=1S/C18H12Cl2F3N3/c19-11-2-1-3-12(9-11)26-17-13(6-7-24-17)16(25-26)14-8-10(18(21,22)23)4-5-15(14)20/h1-5,8-9,24H,6-7H2. The van der Waals surface area contributed by atoms with Crippen molar-refractivity contribution in [2.45, 2.75) is 12.6 Å². The second-order valence-corrected chi connectivity index (χ2v) is 6.78. The van der Waals surface area contributed by atoms with Gasteiger partial charge in [0.2, 0.25) is 0 Å². The Balaban J connectivity index is 1.91. The topological polar surface area (TPSA) is 29.9 Å². The first-order valence-electron chi connectivity index (χ1n) is 7.83. The lowest BCUT2D eigenvalue weighted by Crippen LogP contribution is -2.06. The van der Waals surface area contributed by atoms with Gasteiger partial charge in [0.05, 0.1) is 22.0 Å². The maximum absolute atomic E-state index is 13.1. The molecule has 0 spiro atoms. The molecule has 2 aromatic carbocycles. The van der Waals surface area contributed by atoms with Gasteiger partial charge in [-0.25, -0.2) is 4.68 Å². The molecule has 0 amide bonds. The maximum Gasteiger partial charge on any atom is 0.416 e. The lowest BCUT2D eigenvalue weighted by molar-refractivity contribution is -0.137. The van der Waals surface area contributed by atoms with Crippen LogP contribution in [0, 0.1) is 0 Å². The van der Waals surface area contributed by atoms with Crippen molar-refractivity contribution < 1.29 is 13.2 Å². The van der Waals surface area contributed by atoms with Gasteiger partial charge < -0.3 is 5.32 Å². The molecule has 0 bridgehead atoms. The van der Waals surface area contributed by atoms with Crippen molar-refractivity contribution in [3.63, 3.8) is 0 Å². The molecule has 1 N–H and O–H groups in total. The molecule has 0 saturated heterocycles. The Bertz CT molecular complexity index is 996. The SMILES string of the molecule is FC(F)(F)c1ccc(Cl)c(-c2nn(-c3cccc(Cl)c3)c3c2CCN3)c1. The van der Waals surface area contributed by atoms with E-state index in [1.54, 1.807) is 22.9 Å². The minimum atomic E-state index is -4.45. The molecule has 1 aliphatic rings. The molecule has 0 unspecified atom stereocenters. The first kappa shape index (κ1) is 17.2. The van der Waals surface area contributed by atoms with Crippen LogP contribution in [-0.2, 0) is 12.6 Å². The van der Waals surface area contributed by atoms with Crippen molar-refractivity contribution in [2.75, 3.05) is 11.9 Å². The average Bonchev–Trinajstić information content (AvgIpc) is 3.16. The second-order valence-electron chi connectivity index (χ2n) is 5.94. The van der Waals surface area contributed by atoms with Gasteiger partial charge in [0, 0.05) is 22.7 Å². The lowest BCUT2D eigenvalue weighted by atomic mass is 10.0. The number of nitrogens with zero attached hydrogens (tertiary/aromatic N) is 2. The van der Waals surface area contributed by atoms with Crippen LogP contribution < -0.4 is 5.32 Å². The van der Waals surface area contributed by atoms with Crippen LogP contribution in [0.15, 0.2) is 42.5 Å². The molecule has 2 heterocycles. The third-order valence-electron chi connectivity index (χ3n) is 4.25. The van der Waals surface area contributed by atoms with Crippen LogP contribution in [0.2, 0.25) is 10.0 Å². The van der Waals surface area contributed by atoms with Crippen LogP contribution >= 0.6 is 23.2 Å². The van der Waals surface area contributed by atoms with Crippen molar-refractivity contribution >= 4 is 29.0 Å². The number of benzene rings is 2. The number of aromatic nitrogens is 2. The average molecular weight is 398 g/mol. The van der Waals surface area contributed by atoms with Crippen LogP contribution in [0.1, 0.15) is 11.1 Å². The van der Waals surface area contributed by atoms with E-state index in [4.69, 9.17) is 23.2 Å². The Morgan fingerprint density at radius 3 is 2.62 bits per heavy atom. The van der Waals surface area contributed by atoms with E-state index in [2.05, 4.69) is 10.4 Å². The number of rotatable bonds is 2. The van der Waals surface area contributed by atoms with Gasteiger partial charge in [-0.2, -0.15) is 18.3 Å². The van der Waals surface area contributed by atoms with Gasteiger partial charge in [0.15, 0.2) is 0 Å². The van der Waals surface area contributed by atoms with Crippen LogP contribution in [0.3, 0.4) is 0 Å². The molecule has 0 saturated carbocycles. The smallest absolute Gasteiger partial charge is 0.369 e. The van der Waals surface area contributed by atoms with E-state index >= 15 is 0 Å². The number of anilines is 1. The van der Waals surface area contributed by atoms with E-state index in [9.17, 15) is 13.2 Å². The summed E-state index contributed by atoms with van der Waals surface area (Å²) < 4.78 is 41.0. The molecule has 1 aliphatic heterocycles. The predicted molar refractivity (Wildman–Crippen MR) is 96.2 cm³/mol.